The molecule has 0 aliphatic heterocycles. The van der Waals surface area contributed by atoms with Crippen LogP contribution in [-0.4, -0.2) is 19.9 Å². The Hall–Kier alpha value is -2.83. The van der Waals surface area contributed by atoms with Crippen LogP contribution in [0.25, 0.3) is 21.8 Å². The number of aromatic nitrogens is 4. The molecule has 122 valence electrons. The maximum Gasteiger partial charge on any atom is 0.150 e. The van der Waals surface area contributed by atoms with Crippen LogP contribution in [0.1, 0.15) is 0 Å². The predicted octanol–water partition coefficient (Wildman–Crippen LogP) is 5.06. The normalized spacial score (nSPS) is 10.6. The van der Waals surface area contributed by atoms with Crippen LogP contribution in [-0.2, 0) is 0 Å². The Morgan fingerprint density at radius 1 is 0.840 bits per heavy atom. The summed E-state index contributed by atoms with van der Waals surface area (Å²) in [6, 6.07) is 13.4. The molecule has 0 unspecified atom stereocenters. The van der Waals surface area contributed by atoms with Gasteiger partial charge in [-0.2, -0.15) is 0 Å². The Morgan fingerprint density at radius 3 is 2.52 bits per heavy atom. The third-order valence-electron chi connectivity index (χ3n) is 3.44. The number of nitrogens with zero attached hydrogens (tertiary/aromatic N) is 4. The second-order valence-corrected chi connectivity index (χ2v) is 6.88. The molecule has 0 fully saturated rings. The van der Waals surface area contributed by atoms with Gasteiger partial charge in [-0.05, 0) is 36.4 Å². The lowest BCUT2D eigenvalue weighted by Gasteiger charge is -2.06. The number of hydrogen-bond acceptors (Lipinski definition) is 6. The van der Waals surface area contributed by atoms with Crippen LogP contribution < -0.4 is 5.32 Å². The van der Waals surface area contributed by atoms with Gasteiger partial charge in [-0.3, -0.25) is 9.97 Å². The second kappa shape index (κ2) is 6.96. The Balaban J connectivity index is 1.54. The van der Waals surface area contributed by atoms with E-state index in [0.29, 0.717) is 17.3 Å². The lowest BCUT2D eigenvalue weighted by Crippen LogP contribution is -1.98. The first-order valence-corrected chi connectivity index (χ1v) is 8.69. The van der Waals surface area contributed by atoms with E-state index < -0.39 is 0 Å². The zero-order chi connectivity index (χ0) is 17.1. The molecule has 25 heavy (non-hydrogen) atoms. The summed E-state index contributed by atoms with van der Waals surface area (Å²) in [5, 5.41) is 3.16. The summed E-state index contributed by atoms with van der Waals surface area (Å²) in [5.41, 5.74) is 2.50. The molecule has 5 nitrogen and oxygen atoms in total. The topological polar surface area (TPSA) is 63.6 Å². The predicted molar refractivity (Wildman–Crippen MR) is 101 cm³/mol. The van der Waals surface area contributed by atoms with Gasteiger partial charge in [0.25, 0.3) is 0 Å². The molecule has 4 aromatic heterocycles. The lowest BCUT2D eigenvalue weighted by molar-refractivity contribution is 1.16. The average Bonchev–Trinajstić information content (AvgIpc) is 3.10. The first-order valence-electron chi connectivity index (χ1n) is 7.50. The van der Waals surface area contributed by atoms with Gasteiger partial charge in [0.15, 0.2) is 5.82 Å². The van der Waals surface area contributed by atoms with Gasteiger partial charge >= 0.3 is 0 Å². The van der Waals surface area contributed by atoms with Crippen LogP contribution in [0.3, 0.4) is 0 Å². The van der Waals surface area contributed by atoms with Gasteiger partial charge in [-0.1, -0.05) is 17.7 Å². The van der Waals surface area contributed by atoms with Gasteiger partial charge in [0.2, 0.25) is 0 Å². The maximum absolute atomic E-state index is 5.98. The maximum atomic E-state index is 5.98. The van der Waals surface area contributed by atoms with Gasteiger partial charge in [-0.15, -0.1) is 11.3 Å². The highest BCUT2D eigenvalue weighted by molar-refractivity contribution is 7.19. The third kappa shape index (κ3) is 3.65. The first kappa shape index (κ1) is 15.7. The van der Waals surface area contributed by atoms with E-state index in [9.17, 15) is 0 Å². The minimum Gasteiger partial charge on any atom is -0.324 e. The van der Waals surface area contributed by atoms with Crippen LogP contribution in [0.15, 0.2) is 67.3 Å². The van der Waals surface area contributed by atoms with Gasteiger partial charge in [0.1, 0.15) is 11.5 Å². The molecular formula is C18H12ClN5S. The highest BCUT2D eigenvalue weighted by atomic mass is 35.5. The van der Waals surface area contributed by atoms with E-state index in [1.807, 2.05) is 42.5 Å². The molecule has 0 aromatic carbocycles. The lowest BCUT2D eigenvalue weighted by atomic mass is 10.2. The molecule has 0 saturated carbocycles. The zero-order valence-corrected chi connectivity index (χ0v) is 14.5. The molecule has 0 spiro atoms. The Kier molecular flexibility index (Phi) is 4.37. The van der Waals surface area contributed by atoms with Crippen LogP contribution >= 0.6 is 22.9 Å². The Morgan fingerprint density at radius 2 is 1.80 bits per heavy atom. The summed E-state index contributed by atoms with van der Waals surface area (Å²) in [6.45, 7) is 0. The molecule has 7 heteroatoms. The highest BCUT2D eigenvalue weighted by Crippen LogP contribution is 2.31. The quantitative estimate of drug-likeness (QED) is 0.547. The van der Waals surface area contributed by atoms with E-state index in [2.05, 4.69) is 25.3 Å². The molecule has 0 saturated heterocycles. The molecule has 0 amide bonds. The Labute approximate surface area is 153 Å². The van der Waals surface area contributed by atoms with Gasteiger partial charge < -0.3 is 5.32 Å². The number of anilines is 2. The van der Waals surface area contributed by atoms with E-state index in [1.54, 1.807) is 24.8 Å². The second-order valence-electron chi connectivity index (χ2n) is 5.17. The number of rotatable bonds is 4. The summed E-state index contributed by atoms with van der Waals surface area (Å²) in [4.78, 5) is 18.6. The van der Waals surface area contributed by atoms with Crippen molar-refractivity contribution in [2.75, 3.05) is 5.32 Å². The van der Waals surface area contributed by atoms with E-state index in [0.717, 1.165) is 20.5 Å². The fraction of sp³-hybridized carbons (Fsp3) is 0. The minimum atomic E-state index is 0.613. The van der Waals surface area contributed by atoms with Crippen molar-refractivity contribution in [3.05, 3.63) is 71.6 Å². The van der Waals surface area contributed by atoms with Crippen LogP contribution in [0.2, 0.25) is 4.34 Å². The summed E-state index contributed by atoms with van der Waals surface area (Å²) in [7, 11) is 0. The Bertz CT molecular complexity index is 986. The molecule has 0 radical (unpaired) electrons. The van der Waals surface area contributed by atoms with Crippen molar-refractivity contribution in [1.82, 2.24) is 19.9 Å². The van der Waals surface area contributed by atoms with Gasteiger partial charge in [0, 0.05) is 22.8 Å². The molecule has 0 bridgehead atoms. The molecular weight excluding hydrogens is 354 g/mol. The van der Waals surface area contributed by atoms with Gasteiger partial charge in [0.05, 0.1) is 22.4 Å². The first-order chi connectivity index (χ1) is 12.3. The monoisotopic (exact) mass is 365 g/mol. The summed E-state index contributed by atoms with van der Waals surface area (Å²) >= 11 is 7.51. The van der Waals surface area contributed by atoms with Crippen LogP contribution in [0.5, 0.6) is 0 Å². The summed E-state index contributed by atoms with van der Waals surface area (Å²) in [6.07, 6.45) is 6.88. The number of thiophene rings is 1. The minimum absolute atomic E-state index is 0.613. The van der Waals surface area contributed by atoms with Crippen molar-refractivity contribution in [3.63, 3.8) is 0 Å². The fourth-order valence-electron chi connectivity index (χ4n) is 2.28. The van der Waals surface area contributed by atoms with Gasteiger partial charge in [-0.25, -0.2) is 9.97 Å². The standard InChI is InChI=1S/C18H12ClN5S/c19-16-6-5-15(25-16)12-4-7-17(22-9-12)24-18-11-20-10-14(23-18)13-3-1-2-8-21-13/h1-11H,(H,22,23,24). The summed E-state index contributed by atoms with van der Waals surface area (Å²) < 4.78 is 0.763. The van der Waals surface area contributed by atoms with E-state index >= 15 is 0 Å². The van der Waals surface area contributed by atoms with Crippen LogP contribution in [0, 0.1) is 0 Å². The molecule has 4 heterocycles. The average molecular weight is 366 g/mol. The van der Waals surface area contributed by atoms with E-state index in [4.69, 9.17) is 11.6 Å². The molecule has 0 aliphatic rings. The van der Waals surface area contributed by atoms with E-state index in [1.165, 1.54) is 11.3 Å². The fourth-order valence-corrected chi connectivity index (χ4v) is 3.31. The van der Waals surface area contributed by atoms with Crippen molar-refractivity contribution >= 4 is 34.6 Å². The van der Waals surface area contributed by atoms with Crippen molar-refractivity contribution < 1.29 is 0 Å². The van der Waals surface area contributed by atoms with Crippen molar-refractivity contribution in [3.8, 4) is 21.8 Å². The SMILES string of the molecule is Clc1ccc(-c2ccc(Nc3cncc(-c4ccccn4)n3)nc2)s1. The van der Waals surface area contributed by atoms with Crippen molar-refractivity contribution in [1.29, 1.82) is 0 Å². The van der Waals surface area contributed by atoms with Crippen molar-refractivity contribution in [2.24, 2.45) is 0 Å². The molecule has 0 aliphatic carbocycles. The summed E-state index contributed by atoms with van der Waals surface area (Å²) in [5.74, 6) is 1.31. The number of pyridine rings is 2. The zero-order valence-electron chi connectivity index (χ0n) is 12.9. The van der Waals surface area contributed by atoms with Crippen molar-refractivity contribution in [2.45, 2.75) is 0 Å². The number of halogens is 1. The molecule has 1 N–H and O–H groups in total. The van der Waals surface area contributed by atoms with E-state index in [-0.39, 0.29) is 0 Å². The number of nitrogens with one attached hydrogen (secondary N) is 1. The molecule has 4 aromatic rings. The molecule has 4 rings (SSSR count). The van der Waals surface area contributed by atoms with Crippen LogP contribution in [0.4, 0.5) is 11.6 Å². The largest absolute Gasteiger partial charge is 0.324 e. The highest BCUT2D eigenvalue weighted by Gasteiger charge is 2.05. The molecule has 0 atom stereocenters. The number of hydrogen-bond donors (Lipinski definition) is 1. The third-order valence-corrected chi connectivity index (χ3v) is 4.72. The smallest absolute Gasteiger partial charge is 0.150 e.